The van der Waals surface area contributed by atoms with Gasteiger partial charge in [0, 0.05) is 6.54 Å². The first-order chi connectivity index (χ1) is 6.76. The van der Waals surface area contributed by atoms with Gasteiger partial charge in [-0.15, -0.1) is 6.58 Å². The molecule has 1 aromatic heterocycles. The Morgan fingerprint density at radius 1 is 1.50 bits per heavy atom. The van der Waals surface area contributed by atoms with Crippen LogP contribution in [0.4, 0.5) is 5.95 Å². The van der Waals surface area contributed by atoms with Gasteiger partial charge in [0.25, 0.3) is 0 Å². The number of hydrogen-bond donors (Lipinski definition) is 1. The lowest BCUT2D eigenvalue weighted by Gasteiger charge is -2.04. The molecule has 1 aromatic rings. The lowest BCUT2D eigenvalue weighted by Crippen LogP contribution is -2.06. The fourth-order valence-electron chi connectivity index (χ4n) is 0.768. The highest BCUT2D eigenvalue weighted by atomic mass is 35.5. The van der Waals surface area contributed by atoms with Crippen molar-refractivity contribution >= 4 is 17.5 Å². The van der Waals surface area contributed by atoms with E-state index in [1.807, 2.05) is 6.92 Å². The van der Waals surface area contributed by atoms with E-state index in [9.17, 15) is 0 Å². The third-order valence-corrected chi connectivity index (χ3v) is 1.43. The van der Waals surface area contributed by atoms with Gasteiger partial charge in [0.15, 0.2) is 0 Å². The fraction of sp³-hybridized carbons (Fsp3) is 0.375. The summed E-state index contributed by atoms with van der Waals surface area (Å²) < 4.78 is 5.09. The van der Waals surface area contributed by atoms with E-state index in [0.29, 0.717) is 19.1 Å². The fourth-order valence-corrected chi connectivity index (χ4v) is 0.920. The minimum atomic E-state index is 0.106. The largest absolute Gasteiger partial charge is 0.464 e. The second-order valence-corrected chi connectivity index (χ2v) is 2.65. The zero-order valence-electron chi connectivity index (χ0n) is 7.83. The number of halogens is 1. The second-order valence-electron chi connectivity index (χ2n) is 2.31. The molecule has 0 bridgehead atoms. The molecule has 0 saturated carbocycles. The Labute approximate surface area is 87.2 Å². The maximum absolute atomic E-state index is 5.66. The molecule has 0 aliphatic heterocycles. The Morgan fingerprint density at radius 3 is 2.93 bits per heavy atom. The van der Waals surface area contributed by atoms with E-state index >= 15 is 0 Å². The molecule has 6 heteroatoms. The van der Waals surface area contributed by atoms with E-state index in [1.54, 1.807) is 6.08 Å². The maximum atomic E-state index is 5.66. The van der Waals surface area contributed by atoms with Crippen molar-refractivity contribution in [3.8, 4) is 6.01 Å². The summed E-state index contributed by atoms with van der Waals surface area (Å²) in [6.07, 6.45) is 1.69. The molecule has 0 unspecified atom stereocenters. The summed E-state index contributed by atoms with van der Waals surface area (Å²) in [5.74, 6) is 0.383. The smallest absolute Gasteiger partial charge is 0.322 e. The summed E-state index contributed by atoms with van der Waals surface area (Å²) in [6, 6.07) is 0.221. The predicted octanol–water partition coefficient (Wildman–Crippen LogP) is 1.52. The highest BCUT2D eigenvalue weighted by Crippen LogP contribution is 2.10. The van der Waals surface area contributed by atoms with Crippen LogP contribution in [-0.4, -0.2) is 28.1 Å². The van der Waals surface area contributed by atoms with Crippen molar-refractivity contribution in [1.29, 1.82) is 0 Å². The van der Waals surface area contributed by atoms with Gasteiger partial charge in [0.05, 0.1) is 6.61 Å². The second kappa shape index (κ2) is 5.39. The van der Waals surface area contributed by atoms with E-state index in [2.05, 4.69) is 26.8 Å². The van der Waals surface area contributed by atoms with Crippen LogP contribution in [0.5, 0.6) is 6.01 Å². The number of hydrogen-bond acceptors (Lipinski definition) is 5. The van der Waals surface area contributed by atoms with Crippen molar-refractivity contribution in [2.24, 2.45) is 0 Å². The van der Waals surface area contributed by atoms with E-state index in [1.165, 1.54) is 0 Å². The van der Waals surface area contributed by atoms with Gasteiger partial charge in [-0.25, -0.2) is 0 Å². The van der Waals surface area contributed by atoms with E-state index in [4.69, 9.17) is 16.3 Å². The molecule has 76 valence electrons. The van der Waals surface area contributed by atoms with Crippen LogP contribution >= 0.6 is 11.6 Å². The first-order valence-corrected chi connectivity index (χ1v) is 4.53. The van der Waals surface area contributed by atoms with Crippen molar-refractivity contribution in [1.82, 2.24) is 15.0 Å². The van der Waals surface area contributed by atoms with Crippen LogP contribution < -0.4 is 10.1 Å². The van der Waals surface area contributed by atoms with Gasteiger partial charge in [-0.1, -0.05) is 6.08 Å². The predicted molar refractivity (Wildman–Crippen MR) is 54.7 cm³/mol. The number of aromatic nitrogens is 3. The van der Waals surface area contributed by atoms with Gasteiger partial charge in [-0.05, 0) is 18.5 Å². The Morgan fingerprint density at radius 2 is 2.29 bits per heavy atom. The molecule has 1 N–H and O–H groups in total. The summed E-state index contributed by atoms with van der Waals surface area (Å²) in [5, 5.41) is 3.00. The van der Waals surface area contributed by atoms with Crippen molar-refractivity contribution < 1.29 is 4.74 Å². The molecule has 0 atom stereocenters. The molecule has 0 saturated heterocycles. The van der Waals surface area contributed by atoms with Crippen molar-refractivity contribution in [2.75, 3.05) is 18.5 Å². The van der Waals surface area contributed by atoms with E-state index in [-0.39, 0.29) is 11.3 Å². The summed E-state index contributed by atoms with van der Waals surface area (Å²) in [6.45, 7) is 6.45. The minimum Gasteiger partial charge on any atom is -0.464 e. The Bertz CT molecular complexity index is 318. The molecule has 0 spiro atoms. The monoisotopic (exact) mass is 214 g/mol. The van der Waals surface area contributed by atoms with E-state index in [0.717, 1.165) is 0 Å². The van der Waals surface area contributed by atoms with Crippen LogP contribution in [-0.2, 0) is 0 Å². The van der Waals surface area contributed by atoms with Crippen molar-refractivity contribution in [2.45, 2.75) is 6.92 Å². The quantitative estimate of drug-likeness (QED) is 0.754. The lowest BCUT2D eigenvalue weighted by atomic mass is 10.6. The number of anilines is 1. The maximum Gasteiger partial charge on any atom is 0.322 e. The normalized spacial score (nSPS) is 9.57. The number of ether oxygens (including phenoxy) is 1. The number of rotatable bonds is 5. The molecule has 0 amide bonds. The first kappa shape index (κ1) is 10.7. The van der Waals surface area contributed by atoms with Crippen molar-refractivity contribution in [3.05, 3.63) is 17.9 Å². The molecule has 5 nitrogen and oxygen atoms in total. The van der Waals surface area contributed by atoms with Gasteiger partial charge in [-0.3, -0.25) is 0 Å². The van der Waals surface area contributed by atoms with Crippen molar-refractivity contribution in [3.63, 3.8) is 0 Å². The average molecular weight is 215 g/mol. The Balaban J connectivity index is 2.77. The summed E-state index contributed by atoms with van der Waals surface area (Å²) >= 11 is 5.66. The number of nitrogens with zero attached hydrogens (tertiary/aromatic N) is 3. The molecular formula is C8H11ClN4O. The summed E-state index contributed by atoms with van der Waals surface area (Å²) in [7, 11) is 0. The summed E-state index contributed by atoms with van der Waals surface area (Å²) in [5.41, 5.74) is 0. The van der Waals surface area contributed by atoms with Gasteiger partial charge in [0.1, 0.15) is 0 Å². The lowest BCUT2D eigenvalue weighted by molar-refractivity contribution is 0.312. The van der Waals surface area contributed by atoms with Crippen LogP contribution in [0.2, 0.25) is 5.28 Å². The van der Waals surface area contributed by atoms with Gasteiger partial charge >= 0.3 is 6.01 Å². The van der Waals surface area contributed by atoms with Crippen LogP contribution in [0, 0.1) is 0 Å². The molecule has 0 radical (unpaired) electrons. The molecule has 1 rings (SSSR count). The van der Waals surface area contributed by atoms with Crippen LogP contribution in [0.1, 0.15) is 6.92 Å². The molecule has 0 fully saturated rings. The first-order valence-electron chi connectivity index (χ1n) is 4.15. The SMILES string of the molecule is C=CCNc1nc(Cl)nc(OCC)n1. The Hall–Kier alpha value is -1.36. The standard InChI is InChI=1S/C8H11ClN4O/c1-3-5-10-7-11-6(9)12-8(13-7)14-4-2/h3H,1,4-5H2,2H3,(H,10,11,12,13). The topological polar surface area (TPSA) is 59.9 Å². The molecule has 14 heavy (non-hydrogen) atoms. The van der Waals surface area contributed by atoms with Crippen LogP contribution in [0.3, 0.4) is 0 Å². The minimum absolute atomic E-state index is 0.106. The third kappa shape index (κ3) is 3.18. The highest BCUT2D eigenvalue weighted by Gasteiger charge is 2.03. The Kier molecular flexibility index (Phi) is 4.12. The third-order valence-electron chi connectivity index (χ3n) is 1.27. The molecular weight excluding hydrogens is 204 g/mol. The molecule has 1 heterocycles. The van der Waals surface area contributed by atoms with Gasteiger partial charge < -0.3 is 10.1 Å². The van der Waals surface area contributed by atoms with Gasteiger partial charge in [0.2, 0.25) is 11.2 Å². The van der Waals surface area contributed by atoms with E-state index < -0.39 is 0 Å². The molecule has 0 aromatic carbocycles. The van der Waals surface area contributed by atoms with Crippen LogP contribution in [0.15, 0.2) is 12.7 Å². The zero-order valence-corrected chi connectivity index (χ0v) is 8.58. The number of nitrogens with one attached hydrogen (secondary N) is 1. The molecule has 0 aliphatic carbocycles. The summed E-state index contributed by atoms with van der Waals surface area (Å²) in [4.78, 5) is 11.6. The highest BCUT2D eigenvalue weighted by molar-refractivity contribution is 6.28. The zero-order chi connectivity index (χ0) is 10.4. The van der Waals surface area contributed by atoms with Gasteiger partial charge in [-0.2, -0.15) is 15.0 Å². The average Bonchev–Trinajstić information content (AvgIpc) is 2.14. The van der Waals surface area contributed by atoms with Crippen LogP contribution in [0.25, 0.3) is 0 Å². The molecule has 0 aliphatic rings.